The molecular formula is C17H29BO3. The maximum Gasteiger partial charge on any atom is 0.490 e. The minimum atomic E-state index is -0.244. The molecule has 1 aliphatic carbocycles. The van der Waals surface area contributed by atoms with Gasteiger partial charge in [0.25, 0.3) is 0 Å². The van der Waals surface area contributed by atoms with Crippen molar-refractivity contribution in [1.29, 1.82) is 0 Å². The SMILES string of the molecule is CC1(C)CC2(CC=C(B3OC(C)(C)C(C)(C)O3)CC2)CO1. The number of hydrogen-bond donors (Lipinski definition) is 0. The number of allylic oxidation sites excluding steroid dienone is 2. The minimum absolute atomic E-state index is 0.0374. The first-order valence-electron chi connectivity index (χ1n) is 8.23. The molecule has 2 aliphatic heterocycles. The molecule has 2 heterocycles. The van der Waals surface area contributed by atoms with Gasteiger partial charge in [-0.05, 0) is 72.7 Å². The van der Waals surface area contributed by atoms with Crippen LogP contribution in [0.15, 0.2) is 11.5 Å². The Morgan fingerprint density at radius 1 is 1.00 bits per heavy atom. The van der Waals surface area contributed by atoms with Gasteiger partial charge in [-0.3, -0.25) is 0 Å². The highest BCUT2D eigenvalue weighted by Crippen LogP contribution is 2.49. The van der Waals surface area contributed by atoms with Crippen molar-refractivity contribution in [3.8, 4) is 0 Å². The first-order chi connectivity index (χ1) is 9.54. The van der Waals surface area contributed by atoms with Crippen LogP contribution in [0.3, 0.4) is 0 Å². The van der Waals surface area contributed by atoms with Crippen LogP contribution in [0.5, 0.6) is 0 Å². The van der Waals surface area contributed by atoms with Crippen LogP contribution >= 0.6 is 0 Å². The summed E-state index contributed by atoms with van der Waals surface area (Å²) in [5, 5.41) is 0. The smallest absolute Gasteiger partial charge is 0.400 e. The van der Waals surface area contributed by atoms with Crippen molar-refractivity contribution >= 4 is 7.12 Å². The molecule has 0 aromatic heterocycles. The maximum absolute atomic E-state index is 6.17. The lowest BCUT2D eigenvalue weighted by atomic mass is 9.64. The molecule has 0 radical (unpaired) electrons. The first kappa shape index (κ1) is 15.6. The summed E-state index contributed by atoms with van der Waals surface area (Å²) in [5.41, 5.74) is 1.22. The van der Waals surface area contributed by atoms with E-state index in [4.69, 9.17) is 14.0 Å². The Hall–Kier alpha value is -0.315. The summed E-state index contributed by atoms with van der Waals surface area (Å²) in [6.45, 7) is 13.8. The Morgan fingerprint density at radius 2 is 1.62 bits per heavy atom. The van der Waals surface area contributed by atoms with Gasteiger partial charge in [0, 0.05) is 5.41 Å². The van der Waals surface area contributed by atoms with Gasteiger partial charge in [0.05, 0.1) is 23.4 Å². The zero-order chi connectivity index (χ0) is 15.5. The van der Waals surface area contributed by atoms with E-state index in [1.54, 1.807) is 0 Å². The van der Waals surface area contributed by atoms with Crippen LogP contribution in [0.2, 0.25) is 0 Å². The largest absolute Gasteiger partial charge is 0.490 e. The molecule has 0 N–H and O–H groups in total. The molecule has 0 bridgehead atoms. The van der Waals surface area contributed by atoms with Crippen molar-refractivity contribution in [2.24, 2.45) is 5.41 Å². The standard InChI is InChI=1S/C17H29BO3/c1-14(2)11-17(12-19-14)9-7-13(8-10-17)18-20-15(3,4)16(5,6)21-18/h7H,8-12H2,1-6H3. The van der Waals surface area contributed by atoms with Gasteiger partial charge in [0.15, 0.2) is 0 Å². The van der Waals surface area contributed by atoms with E-state index in [1.165, 1.54) is 11.9 Å². The first-order valence-corrected chi connectivity index (χ1v) is 8.23. The van der Waals surface area contributed by atoms with Crippen LogP contribution in [0.4, 0.5) is 0 Å². The summed E-state index contributed by atoms with van der Waals surface area (Å²) in [7, 11) is -0.164. The molecule has 0 amide bonds. The van der Waals surface area contributed by atoms with Crippen molar-refractivity contribution in [3.63, 3.8) is 0 Å². The molecular weight excluding hydrogens is 263 g/mol. The second-order valence-electron chi connectivity index (χ2n) is 8.80. The summed E-state index contributed by atoms with van der Waals surface area (Å²) >= 11 is 0. The van der Waals surface area contributed by atoms with Gasteiger partial charge in [-0.1, -0.05) is 6.08 Å². The van der Waals surface area contributed by atoms with E-state index in [0.29, 0.717) is 5.41 Å². The van der Waals surface area contributed by atoms with E-state index < -0.39 is 0 Å². The van der Waals surface area contributed by atoms with Crippen LogP contribution in [0, 0.1) is 5.41 Å². The Labute approximate surface area is 129 Å². The van der Waals surface area contributed by atoms with E-state index in [9.17, 15) is 0 Å². The molecule has 1 atom stereocenters. The third-order valence-corrected chi connectivity index (χ3v) is 5.87. The summed E-state index contributed by atoms with van der Waals surface area (Å²) in [4.78, 5) is 0. The zero-order valence-electron chi connectivity index (χ0n) is 14.4. The fourth-order valence-corrected chi connectivity index (χ4v) is 3.82. The molecule has 2 saturated heterocycles. The molecule has 2 fully saturated rings. The normalized spacial score (nSPS) is 37.0. The Balaban J connectivity index is 1.70. The van der Waals surface area contributed by atoms with Gasteiger partial charge >= 0.3 is 7.12 Å². The number of hydrogen-bond acceptors (Lipinski definition) is 3. The minimum Gasteiger partial charge on any atom is -0.400 e. The highest BCUT2D eigenvalue weighted by atomic mass is 16.7. The molecule has 21 heavy (non-hydrogen) atoms. The van der Waals surface area contributed by atoms with Crippen LogP contribution in [0.1, 0.15) is 67.2 Å². The fraction of sp³-hybridized carbons (Fsp3) is 0.882. The average Bonchev–Trinajstić information content (AvgIpc) is 2.75. The summed E-state index contributed by atoms with van der Waals surface area (Å²) in [6, 6.07) is 0. The monoisotopic (exact) mass is 292 g/mol. The molecule has 4 heteroatoms. The molecule has 0 aromatic rings. The molecule has 0 saturated carbocycles. The van der Waals surface area contributed by atoms with Crippen LogP contribution in [-0.2, 0) is 14.0 Å². The second kappa shape index (κ2) is 4.59. The van der Waals surface area contributed by atoms with Crippen LogP contribution in [0.25, 0.3) is 0 Å². The molecule has 3 rings (SSSR count). The Morgan fingerprint density at radius 3 is 2.05 bits per heavy atom. The van der Waals surface area contributed by atoms with Crippen molar-refractivity contribution in [2.45, 2.75) is 84.0 Å². The summed E-state index contributed by atoms with van der Waals surface area (Å²) < 4.78 is 18.3. The van der Waals surface area contributed by atoms with Crippen LogP contribution in [-0.4, -0.2) is 30.5 Å². The van der Waals surface area contributed by atoms with E-state index in [1.807, 2.05) is 0 Å². The van der Waals surface area contributed by atoms with Crippen molar-refractivity contribution < 1.29 is 14.0 Å². The predicted molar refractivity (Wildman–Crippen MR) is 85.1 cm³/mol. The van der Waals surface area contributed by atoms with Gasteiger partial charge < -0.3 is 14.0 Å². The van der Waals surface area contributed by atoms with Crippen LogP contribution < -0.4 is 0 Å². The third-order valence-electron chi connectivity index (χ3n) is 5.87. The van der Waals surface area contributed by atoms with Gasteiger partial charge in [-0.15, -0.1) is 0 Å². The molecule has 1 unspecified atom stereocenters. The zero-order valence-corrected chi connectivity index (χ0v) is 14.4. The van der Waals surface area contributed by atoms with Gasteiger partial charge in [-0.25, -0.2) is 0 Å². The number of ether oxygens (including phenoxy) is 1. The van der Waals surface area contributed by atoms with E-state index >= 15 is 0 Å². The van der Waals surface area contributed by atoms with E-state index in [0.717, 1.165) is 25.9 Å². The van der Waals surface area contributed by atoms with Crippen molar-refractivity contribution in [1.82, 2.24) is 0 Å². The Bertz CT molecular complexity index is 451. The quantitative estimate of drug-likeness (QED) is 0.686. The molecule has 1 spiro atoms. The van der Waals surface area contributed by atoms with Crippen molar-refractivity contribution in [2.75, 3.05) is 6.61 Å². The lowest BCUT2D eigenvalue weighted by Crippen LogP contribution is -2.41. The van der Waals surface area contributed by atoms with Crippen molar-refractivity contribution in [3.05, 3.63) is 11.5 Å². The summed E-state index contributed by atoms with van der Waals surface area (Å²) in [6.07, 6.45) is 6.86. The highest BCUT2D eigenvalue weighted by molar-refractivity contribution is 6.54. The van der Waals surface area contributed by atoms with Gasteiger partial charge in [0.1, 0.15) is 0 Å². The summed E-state index contributed by atoms with van der Waals surface area (Å²) in [5.74, 6) is 0. The Kier molecular flexibility index (Phi) is 3.41. The lowest BCUT2D eigenvalue weighted by molar-refractivity contribution is 0.00578. The second-order valence-corrected chi connectivity index (χ2v) is 8.80. The topological polar surface area (TPSA) is 27.7 Å². The lowest BCUT2D eigenvalue weighted by Gasteiger charge is -2.32. The highest BCUT2D eigenvalue weighted by Gasteiger charge is 2.53. The molecule has 3 aliphatic rings. The number of rotatable bonds is 1. The maximum atomic E-state index is 6.17. The molecule has 118 valence electrons. The van der Waals surface area contributed by atoms with Gasteiger partial charge in [0.2, 0.25) is 0 Å². The predicted octanol–water partition coefficient (Wildman–Crippen LogP) is 3.91. The van der Waals surface area contributed by atoms with Gasteiger partial charge in [-0.2, -0.15) is 0 Å². The molecule has 3 nitrogen and oxygen atoms in total. The fourth-order valence-electron chi connectivity index (χ4n) is 3.82. The van der Waals surface area contributed by atoms with E-state index in [-0.39, 0.29) is 23.9 Å². The van der Waals surface area contributed by atoms with E-state index in [2.05, 4.69) is 47.6 Å². The average molecular weight is 292 g/mol. The third kappa shape index (κ3) is 2.71. The molecule has 0 aromatic carbocycles.